The Hall–Kier alpha value is -3.04. The Bertz CT molecular complexity index is 924. The predicted molar refractivity (Wildman–Crippen MR) is 107 cm³/mol. The van der Waals surface area contributed by atoms with Crippen LogP contribution in [0.25, 0.3) is 5.57 Å². The Morgan fingerprint density at radius 1 is 0.967 bits per heavy atom. The van der Waals surface area contributed by atoms with Crippen molar-refractivity contribution in [3.63, 3.8) is 0 Å². The van der Waals surface area contributed by atoms with Crippen molar-refractivity contribution in [2.75, 3.05) is 34.4 Å². The zero-order chi connectivity index (χ0) is 21.8. The summed E-state index contributed by atoms with van der Waals surface area (Å²) in [6, 6.07) is 6.93. The number of ether oxygens (including phenoxy) is 4. The number of methoxy groups -OCH3 is 1. The molecule has 1 aromatic rings. The number of carbonyl (C=O) groups is 3. The van der Waals surface area contributed by atoms with E-state index < -0.39 is 30.4 Å². The lowest BCUT2D eigenvalue weighted by Gasteiger charge is -2.22. The number of benzene rings is 1. The number of hydrogen-bond acceptors (Lipinski definition) is 7. The van der Waals surface area contributed by atoms with Crippen LogP contribution < -0.4 is 10.6 Å². The number of nitrogens with one attached hydrogen (secondary N) is 2. The van der Waals surface area contributed by atoms with Gasteiger partial charge in [-0.2, -0.15) is 0 Å². The molecule has 2 aliphatic heterocycles. The van der Waals surface area contributed by atoms with E-state index in [9.17, 15) is 14.4 Å². The number of halogens is 1. The summed E-state index contributed by atoms with van der Waals surface area (Å²) in [6.07, 6.45) is -2.72. The van der Waals surface area contributed by atoms with E-state index in [1.807, 2.05) is 0 Å². The lowest BCUT2D eigenvalue weighted by atomic mass is 9.83. The summed E-state index contributed by atoms with van der Waals surface area (Å²) >= 11 is 5.99. The van der Waals surface area contributed by atoms with E-state index in [0.717, 1.165) is 5.56 Å². The normalized spacial score (nSPS) is 19.6. The van der Waals surface area contributed by atoms with Gasteiger partial charge in [0, 0.05) is 35.8 Å². The van der Waals surface area contributed by atoms with Crippen LogP contribution in [-0.4, -0.2) is 64.8 Å². The maximum absolute atomic E-state index is 12.6. The second-order valence-electron chi connectivity index (χ2n) is 6.42. The topological polar surface area (TPSA) is 112 Å². The molecular formula is C20H21ClN2O7. The van der Waals surface area contributed by atoms with Crippen molar-refractivity contribution >= 4 is 35.3 Å². The number of fused-ring (bicyclic) bond motifs is 2. The van der Waals surface area contributed by atoms with E-state index in [4.69, 9.17) is 30.5 Å². The molecular weight excluding hydrogens is 416 g/mol. The summed E-state index contributed by atoms with van der Waals surface area (Å²) in [5.41, 5.74) is 2.76. The quantitative estimate of drug-likeness (QED) is 0.398. The highest BCUT2D eigenvalue weighted by Gasteiger charge is 2.50. The van der Waals surface area contributed by atoms with Crippen molar-refractivity contribution < 1.29 is 33.3 Å². The molecule has 2 aliphatic rings. The van der Waals surface area contributed by atoms with Crippen LogP contribution in [0.1, 0.15) is 5.56 Å². The Morgan fingerprint density at radius 3 is 2.00 bits per heavy atom. The summed E-state index contributed by atoms with van der Waals surface area (Å²) in [5.74, 6) is -0.559. The zero-order valence-electron chi connectivity index (χ0n) is 16.6. The molecule has 0 unspecified atom stereocenters. The molecule has 0 spiro atoms. The van der Waals surface area contributed by atoms with Gasteiger partial charge in [0.25, 0.3) is 0 Å². The SMILES string of the molecule is CNC(=O)OCC1=C(COC(=O)NC)[C@@H]2O[C@@H]1C(C(=O)OC)=C2c1ccc(Cl)cc1. The average molecular weight is 437 g/mol. The number of alkyl carbamates (subject to hydrolysis) is 2. The molecule has 0 aromatic heterocycles. The van der Waals surface area contributed by atoms with Gasteiger partial charge in [0.15, 0.2) is 0 Å². The number of rotatable bonds is 6. The van der Waals surface area contributed by atoms with Crippen molar-refractivity contribution in [2.24, 2.45) is 0 Å². The van der Waals surface area contributed by atoms with Crippen molar-refractivity contribution in [1.82, 2.24) is 10.6 Å². The van der Waals surface area contributed by atoms with Crippen LogP contribution >= 0.6 is 11.6 Å². The molecule has 10 heteroatoms. The molecule has 2 atom stereocenters. The van der Waals surface area contributed by atoms with Crippen molar-refractivity contribution in [1.29, 1.82) is 0 Å². The van der Waals surface area contributed by atoms with Gasteiger partial charge in [-0.15, -0.1) is 0 Å². The molecule has 2 bridgehead atoms. The van der Waals surface area contributed by atoms with Crippen molar-refractivity contribution in [2.45, 2.75) is 12.2 Å². The highest BCUT2D eigenvalue weighted by Crippen LogP contribution is 2.48. The Labute approximate surface area is 177 Å². The highest BCUT2D eigenvalue weighted by molar-refractivity contribution is 6.30. The third-order valence-electron chi connectivity index (χ3n) is 4.82. The van der Waals surface area contributed by atoms with Gasteiger partial charge in [-0.05, 0) is 17.7 Å². The summed E-state index contributed by atoms with van der Waals surface area (Å²) < 4.78 is 21.4. The standard InChI is InChI=1S/C20H21ClN2O7/c1-22-19(25)28-8-12-13(9-29-20(26)23-2)17-15(18(24)27-3)14(16(12)30-17)10-4-6-11(21)7-5-10/h4-7,16-17H,8-9H2,1-3H3,(H,22,25)(H,23,26)/t16-,17-/m0/s1. The first kappa shape index (κ1) is 21.7. The van der Waals surface area contributed by atoms with Gasteiger partial charge < -0.3 is 29.6 Å². The van der Waals surface area contributed by atoms with Crippen LogP contribution in [0.5, 0.6) is 0 Å². The molecule has 2 N–H and O–H groups in total. The first-order valence-corrected chi connectivity index (χ1v) is 9.43. The van der Waals surface area contributed by atoms with Gasteiger partial charge in [0.05, 0.1) is 12.7 Å². The van der Waals surface area contributed by atoms with Gasteiger partial charge in [0.1, 0.15) is 25.4 Å². The lowest BCUT2D eigenvalue weighted by molar-refractivity contribution is -0.136. The summed E-state index contributed by atoms with van der Waals surface area (Å²) in [4.78, 5) is 35.8. The van der Waals surface area contributed by atoms with E-state index in [2.05, 4.69) is 10.6 Å². The molecule has 0 saturated heterocycles. The third kappa shape index (κ3) is 4.12. The maximum atomic E-state index is 12.6. The molecule has 1 aromatic carbocycles. The van der Waals surface area contributed by atoms with Crippen molar-refractivity contribution in [3.05, 3.63) is 51.6 Å². The largest absolute Gasteiger partial charge is 0.466 e. The molecule has 0 fully saturated rings. The molecule has 160 valence electrons. The fourth-order valence-corrected chi connectivity index (χ4v) is 3.56. The van der Waals surface area contributed by atoms with Crippen LogP contribution in [0.3, 0.4) is 0 Å². The van der Waals surface area contributed by atoms with Gasteiger partial charge in [-0.25, -0.2) is 14.4 Å². The van der Waals surface area contributed by atoms with Gasteiger partial charge in [0.2, 0.25) is 0 Å². The van der Waals surface area contributed by atoms with Gasteiger partial charge in [-0.3, -0.25) is 0 Å². The molecule has 2 heterocycles. The van der Waals surface area contributed by atoms with E-state index >= 15 is 0 Å². The first-order chi connectivity index (χ1) is 14.4. The molecule has 30 heavy (non-hydrogen) atoms. The lowest BCUT2D eigenvalue weighted by Crippen LogP contribution is -2.28. The number of hydrogen-bond donors (Lipinski definition) is 2. The van der Waals surface area contributed by atoms with Crippen LogP contribution in [0.4, 0.5) is 9.59 Å². The smallest absolute Gasteiger partial charge is 0.407 e. The van der Waals surface area contributed by atoms with Crippen LogP contribution in [0.2, 0.25) is 5.02 Å². The molecule has 0 radical (unpaired) electrons. The molecule has 2 amide bonds. The Balaban J connectivity index is 2.02. The van der Waals surface area contributed by atoms with E-state index in [-0.39, 0.29) is 13.2 Å². The van der Waals surface area contributed by atoms with Crippen molar-refractivity contribution in [3.8, 4) is 0 Å². The minimum absolute atomic E-state index is 0.0984. The Morgan fingerprint density at radius 2 is 1.50 bits per heavy atom. The maximum Gasteiger partial charge on any atom is 0.407 e. The van der Waals surface area contributed by atoms with Crippen LogP contribution in [0, 0.1) is 0 Å². The average Bonchev–Trinajstić information content (AvgIpc) is 3.31. The molecule has 9 nitrogen and oxygen atoms in total. The minimum Gasteiger partial charge on any atom is -0.466 e. The Kier molecular flexibility index (Phi) is 6.63. The third-order valence-corrected chi connectivity index (χ3v) is 5.07. The van der Waals surface area contributed by atoms with Crippen LogP contribution in [0.15, 0.2) is 41.0 Å². The zero-order valence-corrected chi connectivity index (χ0v) is 17.4. The van der Waals surface area contributed by atoms with E-state index in [1.165, 1.54) is 21.2 Å². The number of amides is 2. The summed E-state index contributed by atoms with van der Waals surface area (Å²) in [5, 5.41) is 5.27. The first-order valence-electron chi connectivity index (χ1n) is 9.05. The van der Waals surface area contributed by atoms with E-state index in [1.54, 1.807) is 24.3 Å². The summed E-state index contributed by atoms with van der Waals surface area (Å²) in [7, 11) is 4.15. The predicted octanol–water partition coefficient (Wildman–Crippen LogP) is 2.06. The van der Waals surface area contributed by atoms with Gasteiger partial charge >= 0.3 is 18.2 Å². The monoisotopic (exact) mass is 436 g/mol. The van der Waals surface area contributed by atoms with Crippen LogP contribution in [-0.2, 0) is 23.7 Å². The second kappa shape index (κ2) is 9.19. The fourth-order valence-electron chi connectivity index (χ4n) is 3.44. The molecule has 0 aliphatic carbocycles. The summed E-state index contributed by atoms with van der Waals surface area (Å²) in [6.45, 7) is -0.236. The molecule has 3 rings (SSSR count). The molecule has 0 saturated carbocycles. The van der Waals surface area contributed by atoms with Gasteiger partial charge in [-0.1, -0.05) is 23.7 Å². The fraction of sp³-hybridized carbons (Fsp3) is 0.350. The highest BCUT2D eigenvalue weighted by atomic mass is 35.5. The second-order valence-corrected chi connectivity index (χ2v) is 6.86. The minimum atomic E-state index is -0.791. The van der Waals surface area contributed by atoms with E-state index in [0.29, 0.717) is 27.3 Å². The number of carbonyl (C=O) groups excluding carboxylic acids is 3. The number of esters is 1.